The van der Waals surface area contributed by atoms with E-state index in [1.54, 1.807) is 41.3 Å². The maximum Gasteiger partial charge on any atom is 0.243 e. The third-order valence-electron chi connectivity index (χ3n) is 6.15. The normalized spacial score (nSPS) is 20.5. The summed E-state index contributed by atoms with van der Waals surface area (Å²) in [4.78, 5) is 26.8. The number of fused-ring (bicyclic) bond motifs is 1. The molecule has 2 aromatic carbocycles. The predicted molar refractivity (Wildman–Crippen MR) is 126 cm³/mol. The highest BCUT2D eigenvalue weighted by atomic mass is 32.2. The minimum Gasteiger partial charge on any atom is -0.494 e. The molecule has 2 atom stereocenters. The second kappa shape index (κ2) is 9.15. The van der Waals surface area contributed by atoms with Crippen LogP contribution in [0.4, 0.5) is 11.4 Å². The Hall–Kier alpha value is -2.91. The summed E-state index contributed by atoms with van der Waals surface area (Å²) in [5.41, 5.74) is 2.16. The van der Waals surface area contributed by atoms with Gasteiger partial charge in [0.05, 0.1) is 11.5 Å². The SMILES string of the molecule is CCOc1ccc(NC(=O)[C@@H]2CCCN2S(=O)(=O)c2ccc3c(c2)C[C@H](C)N3C(C)=O)cc1. The summed E-state index contributed by atoms with van der Waals surface area (Å²) in [5, 5.41) is 2.83. The van der Waals surface area contributed by atoms with Crippen molar-refractivity contribution in [3.05, 3.63) is 48.0 Å². The highest BCUT2D eigenvalue weighted by Gasteiger charge is 2.40. The molecule has 2 aliphatic heterocycles. The molecule has 0 aliphatic carbocycles. The van der Waals surface area contributed by atoms with E-state index in [2.05, 4.69) is 5.32 Å². The standard InChI is InChI=1S/C24H29N3O5S/c1-4-32-20-9-7-19(8-10-20)25-24(29)23-6-5-13-26(23)33(30,31)21-11-12-22-18(15-21)14-16(2)27(22)17(3)28/h7-12,15-16,23H,4-6,13-14H2,1-3H3,(H,25,29)/t16-,23-/m0/s1. The molecule has 2 aliphatic rings. The number of benzene rings is 2. The van der Waals surface area contributed by atoms with Gasteiger partial charge in [0, 0.05) is 30.9 Å². The van der Waals surface area contributed by atoms with Gasteiger partial charge in [-0.15, -0.1) is 0 Å². The number of nitrogens with zero attached hydrogens (tertiary/aromatic N) is 2. The van der Waals surface area contributed by atoms with Crippen molar-refractivity contribution in [2.24, 2.45) is 0 Å². The summed E-state index contributed by atoms with van der Waals surface area (Å²) in [5.74, 6) is 0.287. The number of carbonyl (C=O) groups is 2. The van der Waals surface area contributed by atoms with E-state index in [9.17, 15) is 18.0 Å². The molecule has 2 amide bonds. The summed E-state index contributed by atoms with van der Waals surface area (Å²) < 4.78 is 33.6. The Balaban J connectivity index is 1.53. The molecule has 0 bridgehead atoms. The molecule has 33 heavy (non-hydrogen) atoms. The largest absolute Gasteiger partial charge is 0.494 e. The molecule has 176 valence electrons. The average molecular weight is 472 g/mol. The number of sulfonamides is 1. The van der Waals surface area contributed by atoms with Gasteiger partial charge in [0.1, 0.15) is 11.8 Å². The lowest BCUT2D eigenvalue weighted by Crippen LogP contribution is -2.43. The number of anilines is 2. The molecule has 8 nitrogen and oxygen atoms in total. The fraction of sp³-hybridized carbons (Fsp3) is 0.417. The van der Waals surface area contributed by atoms with E-state index >= 15 is 0 Å². The summed E-state index contributed by atoms with van der Waals surface area (Å²) >= 11 is 0. The first-order valence-electron chi connectivity index (χ1n) is 11.2. The highest BCUT2D eigenvalue weighted by molar-refractivity contribution is 7.89. The Bertz CT molecular complexity index is 1160. The number of hydrogen-bond acceptors (Lipinski definition) is 5. The van der Waals surface area contributed by atoms with Crippen LogP contribution < -0.4 is 15.0 Å². The Labute approximate surface area is 194 Å². The smallest absolute Gasteiger partial charge is 0.243 e. The molecule has 1 fully saturated rings. The van der Waals surface area contributed by atoms with E-state index in [0.29, 0.717) is 37.3 Å². The van der Waals surface area contributed by atoms with Crippen molar-refractivity contribution in [3.8, 4) is 5.75 Å². The molecular formula is C24H29N3O5S. The van der Waals surface area contributed by atoms with E-state index in [-0.39, 0.29) is 29.3 Å². The zero-order valence-electron chi connectivity index (χ0n) is 19.1. The number of hydrogen-bond donors (Lipinski definition) is 1. The number of ether oxygens (including phenoxy) is 1. The summed E-state index contributed by atoms with van der Waals surface area (Å²) in [6, 6.07) is 11.1. The van der Waals surface area contributed by atoms with Crippen molar-refractivity contribution in [1.29, 1.82) is 0 Å². The fourth-order valence-corrected chi connectivity index (χ4v) is 6.41. The summed E-state index contributed by atoms with van der Waals surface area (Å²) in [6.45, 7) is 6.18. The zero-order valence-corrected chi connectivity index (χ0v) is 19.9. The maximum absolute atomic E-state index is 13.5. The minimum atomic E-state index is -3.87. The molecule has 0 radical (unpaired) electrons. The van der Waals surface area contributed by atoms with Crippen LogP contribution in [0.25, 0.3) is 0 Å². The molecule has 0 saturated carbocycles. The lowest BCUT2D eigenvalue weighted by atomic mass is 10.1. The van der Waals surface area contributed by atoms with Gasteiger partial charge in [-0.2, -0.15) is 4.31 Å². The molecule has 1 N–H and O–H groups in total. The minimum absolute atomic E-state index is 0.0186. The van der Waals surface area contributed by atoms with Crippen molar-refractivity contribution in [2.45, 2.75) is 57.0 Å². The first kappa shape index (κ1) is 23.3. The van der Waals surface area contributed by atoms with Crippen molar-refractivity contribution in [1.82, 2.24) is 4.31 Å². The van der Waals surface area contributed by atoms with Gasteiger partial charge in [0.2, 0.25) is 21.8 Å². The first-order valence-corrected chi connectivity index (χ1v) is 12.6. The molecular weight excluding hydrogens is 442 g/mol. The molecule has 4 rings (SSSR count). The van der Waals surface area contributed by atoms with Crippen LogP contribution in [-0.4, -0.2) is 49.8 Å². The second-order valence-electron chi connectivity index (χ2n) is 8.45. The molecule has 2 heterocycles. The molecule has 9 heteroatoms. The highest BCUT2D eigenvalue weighted by Crippen LogP contribution is 2.35. The monoisotopic (exact) mass is 471 g/mol. The van der Waals surface area contributed by atoms with E-state index in [4.69, 9.17) is 4.74 Å². The quantitative estimate of drug-likeness (QED) is 0.698. The molecule has 2 aromatic rings. The van der Waals surface area contributed by atoms with Crippen molar-refractivity contribution in [3.63, 3.8) is 0 Å². The predicted octanol–water partition coefficient (Wildman–Crippen LogP) is 3.17. The van der Waals surface area contributed by atoms with Gasteiger partial charge < -0.3 is 15.0 Å². The van der Waals surface area contributed by atoms with Gasteiger partial charge in [-0.3, -0.25) is 9.59 Å². The van der Waals surface area contributed by atoms with Crippen LogP contribution in [0.3, 0.4) is 0 Å². The molecule has 1 saturated heterocycles. The van der Waals surface area contributed by atoms with Crippen LogP contribution in [0.2, 0.25) is 0 Å². The Morgan fingerprint density at radius 1 is 1.15 bits per heavy atom. The lowest BCUT2D eigenvalue weighted by Gasteiger charge is -2.24. The third-order valence-corrected chi connectivity index (χ3v) is 8.06. The maximum atomic E-state index is 13.5. The van der Waals surface area contributed by atoms with Crippen LogP contribution in [-0.2, 0) is 26.0 Å². The van der Waals surface area contributed by atoms with Crippen molar-refractivity contribution in [2.75, 3.05) is 23.4 Å². The van der Waals surface area contributed by atoms with Crippen LogP contribution in [0.5, 0.6) is 5.75 Å². The van der Waals surface area contributed by atoms with Gasteiger partial charge in [0.25, 0.3) is 0 Å². The van der Waals surface area contributed by atoms with Crippen LogP contribution in [0, 0.1) is 0 Å². The molecule has 0 spiro atoms. The van der Waals surface area contributed by atoms with Crippen LogP contribution in [0.15, 0.2) is 47.4 Å². The molecule has 0 unspecified atom stereocenters. The Morgan fingerprint density at radius 3 is 2.55 bits per heavy atom. The number of nitrogens with one attached hydrogen (secondary N) is 1. The van der Waals surface area contributed by atoms with E-state index < -0.39 is 16.1 Å². The van der Waals surface area contributed by atoms with E-state index in [1.165, 1.54) is 17.3 Å². The molecule has 0 aromatic heterocycles. The summed E-state index contributed by atoms with van der Waals surface area (Å²) in [7, 11) is -3.87. The fourth-order valence-electron chi connectivity index (χ4n) is 4.70. The van der Waals surface area contributed by atoms with E-state index in [0.717, 1.165) is 11.3 Å². The van der Waals surface area contributed by atoms with Crippen molar-refractivity contribution < 1.29 is 22.7 Å². The Morgan fingerprint density at radius 2 is 1.88 bits per heavy atom. The number of carbonyl (C=O) groups excluding carboxylic acids is 2. The number of amides is 2. The topological polar surface area (TPSA) is 96.0 Å². The second-order valence-corrected chi connectivity index (χ2v) is 10.3. The van der Waals surface area contributed by atoms with Crippen molar-refractivity contribution >= 4 is 33.2 Å². The van der Waals surface area contributed by atoms with Crippen LogP contribution >= 0.6 is 0 Å². The van der Waals surface area contributed by atoms with Gasteiger partial charge in [0.15, 0.2) is 0 Å². The first-order chi connectivity index (χ1) is 15.7. The lowest BCUT2D eigenvalue weighted by molar-refractivity contribution is -0.119. The number of rotatable bonds is 6. The summed E-state index contributed by atoms with van der Waals surface area (Å²) in [6.07, 6.45) is 1.67. The third kappa shape index (κ3) is 4.47. The van der Waals surface area contributed by atoms with Crippen LogP contribution in [0.1, 0.15) is 39.2 Å². The Kier molecular flexibility index (Phi) is 6.45. The zero-order chi connectivity index (χ0) is 23.8. The van der Waals surface area contributed by atoms with Gasteiger partial charge >= 0.3 is 0 Å². The van der Waals surface area contributed by atoms with E-state index in [1.807, 2.05) is 13.8 Å². The van der Waals surface area contributed by atoms with Gasteiger partial charge in [-0.25, -0.2) is 8.42 Å². The van der Waals surface area contributed by atoms with Gasteiger partial charge in [-0.05, 0) is 81.1 Å². The average Bonchev–Trinajstić information content (AvgIpc) is 3.39. The van der Waals surface area contributed by atoms with Gasteiger partial charge in [-0.1, -0.05) is 0 Å².